The maximum Gasteiger partial charge on any atom is 0.303 e. The average molecular weight is 441 g/mol. The van der Waals surface area contributed by atoms with E-state index in [0.29, 0.717) is 18.3 Å². The zero-order valence-corrected chi connectivity index (χ0v) is 19.0. The van der Waals surface area contributed by atoms with E-state index in [2.05, 4.69) is 39.2 Å². The summed E-state index contributed by atoms with van der Waals surface area (Å²) in [4.78, 5) is 28.2. The fourth-order valence-corrected chi connectivity index (χ4v) is 5.02. The van der Waals surface area contributed by atoms with E-state index < -0.39 is 5.97 Å². The van der Waals surface area contributed by atoms with Gasteiger partial charge < -0.3 is 10.1 Å². The van der Waals surface area contributed by atoms with Gasteiger partial charge in [0, 0.05) is 29.4 Å². The minimum absolute atomic E-state index is 0.303. The number of nitrogens with zero attached hydrogens (tertiary/aromatic N) is 3. The van der Waals surface area contributed by atoms with Crippen molar-refractivity contribution in [3.05, 3.63) is 65.5 Å². The number of fused-ring (bicyclic) bond motifs is 1. The van der Waals surface area contributed by atoms with Gasteiger partial charge in [-0.3, -0.25) is 9.78 Å². The highest BCUT2D eigenvalue weighted by molar-refractivity contribution is 5.79. The van der Waals surface area contributed by atoms with Crippen LogP contribution in [0, 0.1) is 19.8 Å². The van der Waals surface area contributed by atoms with E-state index in [1.54, 1.807) is 0 Å². The van der Waals surface area contributed by atoms with Crippen LogP contribution in [0.4, 0.5) is 0 Å². The van der Waals surface area contributed by atoms with Crippen molar-refractivity contribution in [1.29, 1.82) is 0 Å². The van der Waals surface area contributed by atoms with Crippen LogP contribution in [0.2, 0.25) is 0 Å². The topological polar surface area (TPSA) is 91.8 Å². The van der Waals surface area contributed by atoms with Crippen molar-refractivity contribution in [2.75, 3.05) is 0 Å². The van der Waals surface area contributed by atoms with Crippen molar-refractivity contribution in [2.24, 2.45) is 5.92 Å². The quantitative estimate of drug-likeness (QED) is 0.394. The number of hydrogen-bond acceptors (Lipinski definition) is 4. The Morgan fingerprint density at radius 1 is 1.00 bits per heavy atom. The molecule has 33 heavy (non-hydrogen) atoms. The Bertz CT molecular complexity index is 1280. The Hall–Kier alpha value is -3.54. The van der Waals surface area contributed by atoms with Crippen molar-refractivity contribution >= 4 is 17.1 Å². The van der Waals surface area contributed by atoms with E-state index in [-0.39, 0.29) is 0 Å². The molecule has 0 unspecified atom stereocenters. The first-order chi connectivity index (χ1) is 16.0. The second kappa shape index (κ2) is 8.77. The third-order valence-electron chi connectivity index (χ3n) is 6.80. The molecule has 1 fully saturated rings. The van der Waals surface area contributed by atoms with Crippen LogP contribution in [0.25, 0.3) is 33.8 Å². The van der Waals surface area contributed by atoms with Crippen LogP contribution in [-0.4, -0.2) is 31.0 Å². The predicted octanol–water partition coefficient (Wildman–Crippen LogP) is 6.05. The van der Waals surface area contributed by atoms with Crippen LogP contribution in [-0.2, 0) is 4.79 Å². The van der Waals surface area contributed by atoms with Crippen molar-refractivity contribution in [3.8, 4) is 22.6 Å². The van der Waals surface area contributed by atoms with Crippen molar-refractivity contribution in [2.45, 2.75) is 51.9 Å². The lowest BCUT2D eigenvalue weighted by atomic mass is 9.77. The normalized spacial score (nSPS) is 18.5. The molecule has 0 amide bonds. The molecule has 2 N–H and O–H groups in total. The molecule has 0 spiro atoms. The standard InChI is InChI=1S/C27H28N4O2/c1-16-13-17(2)29-27-25(16)30-26(31-27)22-11-12-23(28-15-22)21-9-7-20(8-10-21)19-5-3-18(4-6-19)14-24(32)33/h7-13,15,18-19H,3-6,14H2,1-2H3,(H,32,33)(H,29,30,31). The number of carboxylic acid groups (broad SMARTS) is 1. The van der Waals surface area contributed by atoms with E-state index in [4.69, 9.17) is 10.1 Å². The van der Waals surface area contributed by atoms with E-state index >= 15 is 0 Å². The second-order valence-electron chi connectivity index (χ2n) is 9.23. The first kappa shape index (κ1) is 21.3. The van der Waals surface area contributed by atoms with Gasteiger partial charge in [0.1, 0.15) is 11.3 Å². The first-order valence-electron chi connectivity index (χ1n) is 11.6. The zero-order chi connectivity index (χ0) is 22.9. The summed E-state index contributed by atoms with van der Waals surface area (Å²) in [6.45, 7) is 4.04. The molecular weight excluding hydrogens is 412 g/mol. The number of aromatic amines is 1. The van der Waals surface area contributed by atoms with E-state index in [9.17, 15) is 4.79 Å². The minimum atomic E-state index is -0.677. The summed E-state index contributed by atoms with van der Waals surface area (Å²) in [5.41, 5.74) is 8.07. The second-order valence-corrected chi connectivity index (χ2v) is 9.23. The van der Waals surface area contributed by atoms with Crippen molar-refractivity contribution < 1.29 is 9.90 Å². The minimum Gasteiger partial charge on any atom is -0.481 e. The highest BCUT2D eigenvalue weighted by Gasteiger charge is 2.24. The molecule has 1 aromatic carbocycles. The third kappa shape index (κ3) is 4.51. The van der Waals surface area contributed by atoms with Crippen molar-refractivity contribution in [3.63, 3.8) is 0 Å². The Morgan fingerprint density at radius 2 is 1.73 bits per heavy atom. The number of aromatic nitrogens is 4. The zero-order valence-electron chi connectivity index (χ0n) is 19.0. The van der Waals surface area contributed by atoms with Gasteiger partial charge in [-0.15, -0.1) is 0 Å². The highest BCUT2D eigenvalue weighted by atomic mass is 16.4. The summed E-state index contributed by atoms with van der Waals surface area (Å²) < 4.78 is 0. The molecule has 1 aliphatic carbocycles. The summed E-state index contributed by atoms with van der Waals surface area (Å²) in [6, 6.07) is 14.8. The predicted molar refractivity (Wildman–Crippen MR) is 129 cm³/mol. The van der Waals surface area contributed by atoms with Gasteiger partial charge in [-0.25, -0.2) is 9.97 Å². The van der Waals surface area contributed by atoms with Crippen LogP contribution < -0.4 is 0 Å². The first-order valence-corrected chi connectivity index (χ1v) is 11.6. The number of H-pyrrole nitrogens is 1. The van der Waals surface area contributed by atoms with Crippen LogP contribution in [0.5, 0.6) is 0 Å². The molecule has 168 valence electrons. The summed E-state index contributed by atoms with van der Waals surface area (Å²) in [6.07, 6.45) is 6.28. The summed E-state index contributed by atoms with van der Waals surface area (Å²) >= 11 is 0. The van der Waals surface area contributed by atoms with Gasteiger partial charge >= 0.3 is 5.97 Å². The van der Waals surface area contributed by atoms with E-state index in [1.165, 1.54) is 5.56 Å². The maximum atomic E-state index is 10.9. The monoisotopic (exact) mass is 440 g/mol. The summed E-state index contributed by atoms with van der Waals surface area (Å²) in [5.74, 6) is 0.951. The van der Waals surface area contributed by atoms with E-state index in [1.807, 2.05) is 38.2 Å². The number of aryl methyl sites for hydroxylation is 2. The van der Waals surface area contributed by atoms with Crippen LogP contribution >= 0.6 is 0 Å². The molecule has 6 heteroatoms. The summed E-state index contributed by atoms with van der Waals surface area (Å²) in [7, 11) is 0. The Kier molecular flexibility index (Phi) is 5.67. The van der Waals surface area contributed by atoms with E-state index in [0.717, 1.165) is 70.7 Å². The Balaban J connectivity index is 1.29. The van der Waals surface area contributed by atoms with Gasteiger partial charge in [-0.2, -0.15) is 0 Å². The fourth-order valence-electron chi connectivity index (χ4n) is 5.02. The van der Waals surface area contributed by atoms with Gasteiger partial charge in [0.2, 0.25) is 0 Å². The molecule has 0 saturated heterocycles. The number of pyridine rings is 2. The van der Waals surface area contributed by atoms with Gasteiger partial charge in [0.05, 0.1) is 5.69 Å². The molecule has 0 atom stereocenters. The van der Waals surface area contributed by atoms with Crippen molar-refractivity contribution in [1.82, 2.24) is 19.9 Å². The number of rotatable bonds is 5. The SMILES string of the molecule is Cc1cc(C)c2nc(-c3ccc(-c4ccc(C5CCC(CC(=O)O)CC5)cc4)nc3)[nH]c2n1. The van der Waals surface area contributed by atoms with Gasteiger partial charge in [-0.1, -0.05) is 24.3 Å². The molecule has 6 nitrogen and oxygen atoms in total. The Morgan fingerprint density at radius 3 is 2.39 bits per heavy atom. The summed E-state index contributed by atoms with van der Waals surface area (Å²) in [5, 5.41) is 9.01. The van der Waals surface area contributed by atoms with Crippen LogP contribution in [0.15, 0.2) is 48.7 Å². The largest absolute Gasteiger partial charge is 0.481 e. The molecule has 5 rings (SSSR count). The lowest BCUT2D eigenvalue weighted by molar-refractivity contribution is -0.138. The lowest BCUT2D eigenvalue weighted by Crippen LogP contribution is -2.16. The van der Waals surface area contributed by atoms with Gasteiger partial charge in [0.15, 0.2) is 5.65 Å². The molecule has 1 saturated carbocycles. The molecule has 0 bridgehead atoms. The number of imidazole rings is 1. The molecule has 1 aliphatic rings. The number of aliphatic carboxylic acids is 1. The number of nitrogens with one attached hydrogen (secondary N) is 1. The van der Waals surface area contributed by atoms with Crippen LogP contribution in [0.3, 0.4) is 0 Å². The number of benzene rings is 1. The smallest absolute Gasteiger partial charge is 0.303 e. The van der Waals surface area contributed by atoms with Gasteiger partial charge in [0.25, 0.3) is 0 Å². The number of hydrogen-bond donors (Lipinski definition) is 2. The molecular formula is C27H28N4O2. The Labute approximate surface area is 193 Å². The van der Waals surface area contributed by atoms with Gasteiger partial charge in [-0.05, 0) is 80.7 Å². The fraction of sp³-hybridized carbons (Fsp3) is 0.333. The molecule has 3 aromatic heterocycles. The molecule has 0 aliphatic heterocycles. The maximum absolute atomic E-state index is 10.9. The number of carbonyl (C=O) groups is 1. The molecule has 3 heterocycles. The highest BCUT2D eigenvalue weighted by Crippen LogP contribution is 2.37. The average Bonchev–Trinajstić information content (AvgIpc) is 3.24. The number of carboxylic acids is 1. The molecule has 4 aromatic rings. The third-order valence-corrected chi connectivity index (χ3v) is 6.80. The van der Waals surface area contributed by atoms with Crippen LogP contribution in [0.1, 0.15) is 54.8 Å². The molecule has 0 radical (unpaired) electrons. The lowest BCUT2D eigenvalue weighted by Gasteiger charge is -2.28.